The number of methoxy groups -OCH3 is 1. The van der Waals surface area contributed by atoms with Crippen molar-refractivity contribution >= 4 is 11.3 Å². The van der Waals surface area contributed by atoms with E-state index in [0.29, 0.717) is 13.2 Å². The summed E-state index contributed by atoms with van der Waals surface area (Å²) in [5.41, 5.74) is 6.33. The molecule has 1 heterocycles. The van der Waals surface area contributed by atoms with Crippen molar-refractivity contribution in [3.05, 3.63) is 16.1 Å². The summed E-state index contributed by atoms with van der Waals surface area (Å²) in [5.74, 6) is -0.0399. The van der Waals surface area contributed by atoms with Crippen LogP contribution in [0.1, 0.15) is 16.6 Å². The van der Waals surface area contributed by atoms with Crippen molar-refractivity contribution in [1.82, 2.24) is 4.98 Å². The van der Waals surface area contributed by atoms with Crippen LogP contribution >= 0.6 is 11.3 Å². The Hall–Kier alpha value is -0.490. The monoisotopic (exact) mass is 202 g/mol. The minimum Gasteiger partial charge on any atom is -0.396 e. The van der Waals surface area contributed by atoms with Crippen molar-refractivity contribution in [1.29, 1.82) is 0 Å². The van der Waals surface area contributed by atoms with Crippen LogP contribution in [0.5, 0.6) is 0 Å². The molecule has 0 spiro atoms. The van der Waals surface area contributed by atoms with Crippen molar-refractivity contribution in [2.45, 2.75) is 12.5 Å². The summed E-state index contributed by atoms with van der Waals surface area (Å²) in [6, 6.07) is 0. The third-order valence-electron chi connectivity index (χ3n) is 1.76. The van der Waals surface area contributed by atoms with Gasteiger partial charge in [0.05, 0.1) is 18.9 Å². The molecule has 0 aliphatic heterocycles. The van der Waals surface area contributed by atoms with Gasteiger partial charge in [-0.3, -0.25) is 0 Å². The van der Waals surface area contributed by atoms with E-state index in [0.717, 1.165) is 10.7 Å². The average molecular weight is 202 g/mol. The first-order chi connectivity index (χ1) is 6.31. The van der Waals surface area contributed by atoms with Crippen molar-refractivity contribution in [2.24, 2.45) is 5.73 Å². The largest absolute Gasteiger partial charge is 0.396 e. The third kappa shape index (κ3) is 2.73. The lowest BCUT2D eigenvalue weighted by molar-refractivity contribution is 0.184. The average Bonchev–Trinajstić information content (AvgIpc) is 2.56. The fourth-order valence-electron chi connectivity index (χ4n) is 0.991. The summed E-state index contributed by atoms with van der Waals surface area (Å²) in [7, 11) is 1.63. The fraction of sp³-hybridized carbons (Fsp3) is 0.625. The topological polar surface area (TPSA) is 68.4 Å². The molecule has 1 atom stereocenters. The maximum absolute atomic E-state index is 8.97. The summed E-state index contributed by atoms with van der Waals surface area (Å²) >= 11 is 1.53. The van der Waals surface area contributed by atoms with E-state index >= 15 is 0 Å². The van der Waals surface area contributed by atoms with E-state index in [1.807, 2.05) is 5.38 Å². The van der Waals surface area contributed by atoms with Gasteiger partial charge in [0.1, 0.15) is 5.01 Å². The lowest BCUT2D eigenvalue weighted by Crippen LogP contribution is -2.16. The van der Waals surface area contributed by atoms with Crippen LogP contribution in [0.25, 0.3) is 0 Å². The quantitative estimate of drug-likeness (QED) is 0.721. The van der Waals surface area contributed by atoms with E-state index < -0.39 is 0 Å². The van der Waals surface area contributed by atoms with Gasteiger partial charge in [0.15, 0.2) is 0 Å². The van der Waals surface area contributed by atoms with E-state index in [9.17, 15) is 0 Å². The van der Waals surface area contributed by atoms with Crippen molar-refractivity contribution in [3.63, 3.8) is 0 Å². The molecule has 4 nitrogen and oxygen atoms in total. The minimum atomic E-state index is -0.0399. The minimum absolute atomic E-state index is 0.0399. The number of aliphatic hydroxyl groups is 1. The van der Waals surface area contributed by atoms with Gasteiger partial charge >= 0.3 is 0 Å². The number of aromatic nitrogens is 1. The second-order valence-corrected chi connectivity index (χ2v) is 3.66. The van der Waals surface area contributed by atoms with Gasteiger partial charge in [-0.1, -0.05) is 0 Å². The molecule has 13 heavy (non-hydrogen) atoms. The number of nitrogens with zero attached hydrogens (tertiary/aromatic N) is 1. The lowest BCUT2D eigenvalue weighted by Gasteiger charge is -2.06. The van der Waals surface area contributed by atoms with E-state index in [-0.39, 0.29) is 12.5 Å². The highest BCUT2D eigenvalue weighted by Crippen LogP contribution is 2.17. The zero-order valence-corrected chi connectivity index (χ0v) is 8.38. The normalized spacial score (nSPS) is 13.2. The number of thiazole rings is 1. The maximum atomic E-state index is 8.97. The van der Waals surface area contributed by atoms with Crippen molar-refractivity contribution < 1.29 is 9.84 Å². The third-order valence-corrected chi connectivity index (χ3v) is 2.60. The molecule has 3 N–H and O–H groups in total. The summed E-state index contributed by atoms with van der Waals surface area (Å²) in [4.78, 5) is 4.30. The Kier molecular flexibility index (Phi) is 4.31. The Balaban J connectivity index is 2.66. The number of nitrogens with two attached hydrogens (primary N) is 1. The number of hydrogen-bond donors (Lipinski definition) is 2. The molecular weight excluding hydrogens is 188 g/mol. The highest BCUT2D eigenvalue weighted by molar-refractivity contribution is 7.09. The summed E-state index contributed by atoms with van der Waals surface area (Å²) in [6.45, 7) is 0.993. The standard InChI is InChI=1S/C8H14N2O2S/c1-12-4-8-10-7(5-13-8)6(2-9)3-11/h5-6,11H,2-4,9H2,1H3. The fourth-order valence-corrected chi connectivity index (χ4v) is 1.84. The molecule has 74 valence electrons. The van der Waals surface area contributed by atoms with E-state index in [2.05, 4.69) is 4.98 Å². The van der Waals surface area contributed by atoms with Crippen LogP contribution in [-0.2, 0) is 11.3 Å². The molecule has 0 saturated carbocycles. The Morgan fingerprint density at radius 2 is 2.54 bits per heavy atom. The molecule has 0 amide bonds. The number of aliphatic hydroxyl groups excluding tert-OH is 1. The Morgan fingerprint density at radius 1 is 1.77 bits per heavy atom. The van der Waals surface area contributed by atoms with Gasteiger partial charge in [-0.05, 0) is 0 Å². The molecule has 0 aliphatic rings. The first kappa shape index (κ1) is 10.6. The Labute approximate surface area is 81.4 Å². The molecular formula is C8H14N2O2S. The number of ether oxygens (including phenoxy) is 1. The van der Waals surface area contributed by atoms with Gasteiger partial charge in [-0.2, -0.15) is 0 Å². The smallest absolute Gasteiger partial charge is 0.119 e. The molecule has 0 radical (unpaired) electrons. The summed E-state index contributed by atoms with van der Waals surface area (Å²) in [6.07, 6.45) is 0. The molecule has 1 unspecified atom stereocenters. The van der Waals surface area contributed by atoms with E-state index in [1.54, 1.807) is 7.11 Å². The van der Waals surface area contributed by atoms with Crippen molar-refractivity contribution in [3.8, 4) is 0 Å². The molecule has 1 rings (SSSR count). The summed E-state index contributed by atoms with van der Waals surface area (Å²) < 4.78 is 4.94. The molecule has 0 aromatic carbocycles. The second kappa shape index (κ2) is 5.29. The predicted octanol–water partition coefficient (Wildman–Crippen LogP) is 0.324. The van der Waals surface area contributed by atoms with Gasteiger partial charge in [0, 0.05) is 25.0 Å². The number of hydrogen-bond acceptors (Lipinski definition) is 5. The van der Waals surface area contributed by atoms with Gasteiger partial charge < -0.3 is 15.6 Å². The van der Waals surface area contributed by atoms with Crippen LogP contribution in [0.2, 0.25) is 0 Å². The highest BCUT2D eigenvalue weighted by atomic mass is 32.1. The van der Waals surface area contributed by atoms with Gasteiger partial charge in [0.25, 0.3) is 0 Å². The molecule has 1 aromatic heterocycles. The Morgan fingerprint density at radius 3 is 3.08 bits per heavy atom. The predicted molar refractivity (Wildman–Crippen MR) is 51.7 cm³/mol. The van der Waals surface area contributed by atoms with Gasteiger partial charge in [-0.25, -0.2) is 4.98 Å². The first-order valence-electron chi connectivity index (χ1n) is 4.06. The molecule has 0 fully saturated rings. The zero-order valence-electron chi connectivity index (χ0n) is 7.56. The summed E-state index contributed by atoms with van der Waals surface area (Å²) in [5, 5.41) is 11.8. The van der Waals surface area contributed by atoms with Crippen LogP contribution in [0.15, 0.2) is 5.38 Å². The van der Waals surface area contributed by atoms with Gasteiger partial charge in [-0.15, -0.1) is 11.3 Å². The first-order valence-corrected chi connectivity index (χ1v) is 4.94. The van der Waals surface area contributed by atoms with E-state index in [4.69, 9.17) is 15.6 Å². The van der Waals surface area contributed by atoms with Crippen LogP contribution in [-0.4, -0.2) is 30.4 Å². The Bertz CT molecular complexity index is 248. The molecule has 0 aliphatic carbocycles. The number of rotatable bonds is 5. The second-order valence-electron chi connectivity index (χ2n) is 2.71. The van der Waals surface area contributed by atoms with Crippen molar-refractivity contribution in [2.75, 3.05) is 20.3 Å². The zero-order chi connectivity index (χ0) is 9.68. The highest BCUT2D eigenvalue weighted by Gasteiger charge is 2.11. The lowest BCUT2D eigenvalue weighted by atomic mass is 10.1. The maximum Gasteiger partial charge on any atom is 0.119 e. The van der Waals surface area contributed by atoms with Gasteiger partial charge in [0.2, 0.25) is 0 Å². The molecule has 1 aromatic rings. The molecule has 0 saturated heterocycles. The van der Waals surface area contributed by atoms with Crippen LogP contribution in [0.4, 0.5) is 0 Å². The van der Waals surface area contributed by atoms with Crippen LogP contribution in [0.3, 0.4) is 0 Å². The molecule has 5 heteroatoms. The van der Waals surface area contributed by atoms with Crippen LogP contribution in [0, 0.1) is 0 Å². The molecule has 0 bridgehead atoms. The van der Waals surface area contributed by atoms with Crippen LogP contribution < -0.4 is 5.73 Å². The SMILES string of the molecule is COCc1nc(C(CN)CO)cs1. The van der Waals surface area contributed by atoms with E-state index in [1.165, 1.54) is 11.3 Å².